The van der Waals surface area contributed by atoms with E-state index in [1.54, 1.807) is 0 Å². The summed E-state index contributed by atoms with van der Waals surface area (Å²) in [7, 11) is 1.94. The minimum atomic E-state index is 0.496. The molecule has 0 unspecified atom stereocenters. The molecular formula is C14H23N3. The van der Waals surface area contributed by atoms with Crippen molar-refractivity contribution in [3.8, 4) is 0 Å². The van der Waals surface area contributed by atoms with Crippen LogP contribution in [0.15, 0.2) is 12.1 Å². The van der Waals surface area contributed by atoms with E-state index in [-0.39, 0.29) is 0 Å². The fourth-order valence-corrected chi connectivity index (χ4v) is 2.33. The second-order valence-corrected chi connectivity index (χ2v) is 5.70. The van der Waals surface area contributed by atoms with Crippen molar-refractivity contribution in [2.75, 3.05) is 30.4 Å². The minimum absolute atomic E-state index is 0.496. The molecule has 1 N–H and O–H groups in total. The summed E-state index contributed by atoms with van der Waals surface area (Å²) in [6, 6.07) is 4.24. The number of aryl methyl sites for hydroxylation is 1. The second-order valence-electron chi connectivity index (χ2n) is 5.70. The molecule has 17 heavy (non-hydrogen) atoms. The van der Waals surface area contributed by atoms with Gasteiger partial charge in [0.2, 0.25) is 0 Å². The highest BCUT2D eigenvalue weighted by Gasteiger charge is 2.25. The fraction of sp³-hybridized carbons (Fsp3) is 0.643. The topological polar surface area (TPSA) is 28.2 Å². The number of piperidine rings is 1. The summed E-state index contributed by atoms with van der Waals surface area (Å²) >= 11 is 0. The van der Waals surface area contributed by atoms with Gasteiger partial charge in [-0.2, -0.15) is 0 Å². The van der Waals surface area contributed by atoms with Gasteiger partial charge in [0.15, 0.2) is 0 Å². The van der Waals surface area contributed by atoms with Crippen LogP contribution in [0.4, 0.5) is 11.5 Å². The first-order valence-corrected chi connectivity index (χ1v) is 6.42. The third-order valence-corrected chi connectivity index (χ3v) is 3.78. The molecule has 0 aliphatic carbocycles. The van der Waals surface area contributed by atoms with Gasteiger partial charge in [-0.25, -0.2) is 4.98 Å². The molecule has 1 aliphatic rings. The quantitative estimate of drug-likeness (QED) is 0.851. The van der Waals surface area contributed by atoms with Gasteiger partial charge >= 0.3 is 0 Å². The van der Waals surface area contributed by atoms with Crippen LogP contribution < -0.4 is 10.2 Å². The third-order valence-electron chi connectivity index (χ3n) is 3.78. The predicted molar refractivity (Wildman–Crippen MR) is 73.7 cm³/mol. The molecule has 1 fully saturated rings. The Balaban J connectivity index is 2.11. The van der Waals surface area contributed by atoms with Crippen molar-refractivity contribution in [1.29, 1.82) is 0 Å². The summed E-state index contributed by atoms with van der Waals surface area (Å²) in [6.45, 7) is 9.01. The van der Waals surface area contributed by atoms with E-state index in [2.05, 4.69) is 48.1 Å². The van der Waals surface area contributed by atoms with E-state index in [1.807, 2.05) is 7.05 Å². The van der Waals surface area contributed by atoms with Crippen LogP contribution in [0, 0.1) is 12.3 Å². The van der Waals surface area contributed by atoms with Gasteiger partial charge in [-0.1, -0.05) is 13.8 Å². The number of nitrogens with one attached hydrogen (secondary N) is 1. The average molecular weight is 233 g/mol. The van der Waals surface area contributed by atoms with Crippen LogP contribution in [0.25, 0.3) is 0 Å². The van der Waals surface area contributed by atoms with Crippen molar-refractivity contribution in [3.63, 3.8) is 0 Å². The Morgan fingerprint density at radius 2 is 1.88 bits per heavy atom. The molecule has 0 bridgehead atoms. The van der Waals surface area contributed by atoms with E-state index in [4.69, 9.17) is 0 Å². The highest BCUT2D eigenvalue weighted by Crippen LogP contribution is 2.31. The van der Waals surface area contributed by atoms with Gasteiger partial charge in [-0.05, 0) is 37.3 Å². The van der Waals surface area contributed by atoms with Crippen molar-refractivity contribution in [2.45, 2.75) is 33.6 Å². The molecule has 0 spiro atoms. The highest BCUT2D eigenvalue weighted by atomic mass is 15.2. The Labute approximate surface area is 104 Å². The van der Waals surface area contributed by atoms with Crippen LogP contribution in [0.3, 0.4) is 0 Å². The van der Waals surface area contributed by atoms with Gasteiger partial charge in [-0.15, -0.1) is 0 Å². The van der Waals surface area contributed by atoms with Crippen LogP contribution in [0.1, 0.15) is 32.4 Å². The smallest absolute Gasteiger partial charge is 0.128 e. The SMILES string of the molecule is CNc1ccc(N2CCC(C)(C)CC2)nc1C. The third kappa shape index (κ3) is 2.71. The molecule has 1 aromatic rings. The Morgan fingerprint density at radius 1 is 1.24 bits per heavy atom. The summed E-state index contributed by atoms with van der Waals surface area (Å²) in [6.07, 6.45) is 2.50. The molecule has 1 aliphatic heterocycles. The van der Waals surface area contributed by atoms with E-state index >= 15 is 0 Å². The predicted octanol–water partition coefficient (Wildman–Crippen LogP) is 3.06. The lowest BCUT2D eigenvalue weighted by molar-refractivity contribution is 0.279. The van der Waals surface area contributed by atoms with Gasteiger partial charge in [0.1, 0.15) is 5.82 Å². The highest BCUT2D eigenvalue weighted by molar-refractivity contribution is 5.53. The largest absolute Gasteiger partial charge is 0.387 e. The van der Waals surface area contributed by atoms with Crippen molar-refractivity contribution in [2.24, 2.45) is 5.41 Å². The number of aromatic nitrogens is 1. The van der Waals surface area contributed by atoms with Crippen LogP contribution in [0.5, 0.6) is 0 Å². The molecular weight excluding hydrogens is 210 g/mol. The van der Waals surface area contributed by atoms with Crippen molar-refractivity contribution >= 4 is 11.5 Å². The van der Waals surface area contributed by atoms with Crippen molar-refractivity contribution < 1.29 is 0 Å². The van der Waals surface area contributed by atoms with Crippen LogP contribution in [-0.2, 0) is 0 Å². The second kappa shape index (κ2) is 4.55. The number of hydrogen-bond donors (Lipinski definition) is 1. The lowest BCUT2D eigenvalue weighted by Crippen LogP contribution is -2.37. The van der Waals surface area contributed by atoms with E-state index in [0.29, 0.717) is 5.41 Å². The van der Waals surface area contributed by atoms with Gasteiger partial charge in [0.05, 0.1) is 11.4 Å². The Kier molecular flexibility index (Phi) is 3.27. The molecule has 0 atom stereocenters. The van der Waals surface area contributed by atoms with E-state index < -0.39 is 0 Å². The maximum atomic E-state index is 4.68. The number of pyridine rings is 1. The molecule has 3 nitrogen and oxygen atoms in total. The first kappa shape index (κ1) is 12.2. The van der Waals surface area contributed by atoms with Crippen molar-refractivity contribution in [1.82, 2.24) is 4.98 Å². The number of anilines is 2. The molecule has 0 radical (unpaired) electrons. The molecule has 2 rings (SSSR count). The minimum Gasteiger partial charge on any atom is -0.387 e. The molecule has 1 saturated heterocycles. The summed E-state index contributed by atoms with van der Waals surface area (Å²) < 4.78 is 0. The first-order chi connectivity index (χ1) is 8.02. The average Bonchev–Trinajstić information content (AvgIpc) is 2.29. The lowest BCUT2D eigenvalue weighted by Gasteiger charge is -2.37. The number of rotatable bonds is 2. The normalized spacial score (nSPS) is 19.2. The summed E-state index contributed by atoms with van der Waals surface area (Å²) in [5.74, 6) is 1.12. The van der Waals surface area contributed by atoms with Gasteiger partial charge in [-0.3, -0.25) is 0 Å². The Morgan fingerprint density at radius 3 is 2.41 bits per heavy atom. The molecule has 3 heteroatoms. The van der Waals surface area contributed by atoms with E-state index in [9.17, 15) is 0 Å². The first-order valence-electron chi connectivity index (χ1n) is 6.42. The fourth-order valence-electron chi connectivity index (χ4n) is 2.33. The Bertz CT molecular complexity index is 388. The number of nitrogens with zero attached hydrogens (tertiary/aromatic N) is 2. The van der Waals surface area contributed by atoms with E-state index in [0.717, 1.165) is 30.3 Å². The lowest BCUT2D eigenvalue weighted by atomic mass is 9.83. The van der Waals surface area contributed by atoms with E-state index in [1.165, 1.54) is 12.8 Å². The summed E-state index contributed by atoms with van der Waals surface area (Å²) in [4.78, 5) is 7.08. The van der Waals surface area contributed by atoms with Gasteiger partial charge in [0.25, 0.3) is 0 Å². The van der Waals surface area contributed by atoms with Crippen LogP contribution in [-0.4, -0.2) is 25.1 Å². The summed E-state index contributed by atoms with van der Waals surface area (Å²) in [5.41, 5.74) is 2.69. The molecule has 94 valence electrons. The molecule has 0 amide bonds. The zero-order chi connectivity index (χ0) is 12.5. The van der Waals surface area contributed by atoms with Crippen LogP contribution >= 0.6 is 0 Å². The maximum absolute atomic E-state index is 4.68. The monoisotopic (exact) mass is 233 g/mol. The molecule has 0 saturated carbocycles. The zero-order valence-electron chi connectivity index (χ0n) is 11.4. The van der Waals surface area contributed by atoms with Crippen LogP contribution in [0.2, 0.25) is 0 Å². The standard InChI is InChI=1S/C14H23N3/c1-11-12(15-4)5-6-13(16-11)17-9-7-14(2,3)8-10-17/h5-6,15H,7-10H2,1-4H3. The Hall–Kier alpha value is -1.25. The number of hydrogen-bond acceptors (Lipinski definition) is 3. The van der Waals surface area contributed by atoms with Gasteiger partial charge in [0, 0.05) is 20.1 Å². The van der Waals surface area contributed by atoms with Gasteiger partial charge < -0.3 is 10.2 Å². The molecule has 2 heterocycles. The zero-order valence-corrected chi connectivity index (χ0v) is 11.4. The molecule has 1 aromatic heterocycles. The maximum Gasteiger partial charge on any atom is 0.128 e. The summed E-state index contributed by atoms with van der Waals surface area (Å²) in [5, 5.41) is 3.16. The van der Waals surface area contributed by atoms with Crippen molar-refractivity contribution in [3.05, 3.63) is 17.8 Å². The molecule has 0 aromatic carbocycles.